The summed E-state index contributed by atoms with van der Waals surface area (Å²) >= 11 is 1.96. The lowest BCUT2D eigenvalue weighted by Crippen LogP contribution is -2.16. The lowest BCUT2D eigenvalue weighted by atomic mass is 10.2. The van der Waals surface area contributed by atoms with Gasteiger partial charge in [-0.25, -0.2) is 0 Å². The molecule has 1 unspecified atom stereocenters. The third-order valence-corrected chi connectivity index (χ3v) is 4.47. The van der Waals surface area contributed by atoms with Crippen molar-refractivity contribution in [3.63, 3.8) is 0 Å². The van der Waals surface area contributed by atoms with E-state index in [4.69, 9.17) is 4.42 Å². The smallest absolute Gasteiger partial charge is 0.229 e. The van der Waals surface area contributed by atoms with Crippen molar-refractivity contribution in [3.8, 4) is 0 Å². The molecule has 1 aromatic rings. The van der Waals surface area contributed by atoms with Crippen molar-refractivity contribution >= 4 is 11.8 Å². The molecule has 1 N–H and O–H groups in total. The van der Waals surface area contributed by atoms with E-state index in [-0.39, 0.29) is 0 Å². The molecule has 5 heteroatoms. The van der Waals surface area contributed by atoms with Crippen LogP contribution in [-0.4, -0.2) is 29.0 Å². The highest BCUT2D eigenvalue weighted by Crippen LogP contribution is 2.37. The second-order valence-corrected chi connectivity index (χ2v) is 6.05. The molecule has 2 rings (SSSR count). The molecule has 1 saturated heterocycles. The van der Waals surface area contributed by atoms with Crippen LogP contribution in [0.4, 0.5) is 0 Å². The first-order valence-corrected chi connectivity index (χ1v) is 8.09. The zero-order valence-electron chi connectivity index (χ0n) is 11.2. The molecule has 1 aliphatic heterocycles. The lowest BCUT2D eigenvalue weighted by Gasteiger charge is -2.17. The van der Waals surface area contributed by atoms with Crippen molar-refractivity contribution in [1.82, 2.24) is 15.5 Å². The number of nitrogens with one attached hydrogen (secondary N) is 1. The Bertz CT molecular complexity index is 337. The van der Waals surface area contributed by atoms with Gasteiger partial charge in [-0.1, -0.05) is 13.3 Å². The van der Waals surface area contributed by atoms with Crippen LogP contribution in [0.1, 0.15) is 56.1 Å². The summed E-state index contributed by atoms with van der Waals surface area (Å²) in [5, 5.41) is 12.2. The normalized spacial score (nSPS) is 20.2. The summed E-state index contributed by atoms with van der Waals surface area (Å²) in [7, 11) is 0. The number of hydrogen-bond acceptors (Lipinski definition) is 5. The highest BCUT2D eigenvalue weighted by Gasteiger charge is 2.21. The Morgan fingerprint density at radius 2 is 2.28 bits per heavy atom. The average molecular weight is 269 g/mol. The molecule has 0 aromatic carbocycles. The number of nitrogens with zero attached hydrogens (tertiary/aromatic N) is 2. The fourth-order valence-corrected chi connectivity index (χ4v) is 3.33. The van der Waals surface area contributed by atoms with Crippen LogP contribution in [0.15, 0.2) is 4.42 Å². The van der Waals surface area contributed by atoms with Gasteiger partial charge in [0, 0.05) is 6.42 Å². The van der Waals surface area contributed by atoms with E-state index >= 15 is 0 Å². The second-order valence-electron chi connectivity index (χ2n) is 4.74. The highest BCUT2D eigenvalue weighted by molar-refractivity contribution is 7.99. The van der Waals surface area contributed by atoms with Crippen LogP contribution in [-0.2, 0) is 6.42 Å². The Morgan fingerprint density at radius 1 is 1.33 bits per heavy atom. The van der Waals surface area contributed by atoms with Crippen LogP contribution in [0, 0.1) is 0 Å². The molecule has 0 spiro atoms. The fraction of sp³-hybridized carbons (Fsp3) is 0.846. The largest absolute Gasteiger partial charge is 0.424 e. The molecule has 1 fully saturated rings. The van der Waals surface area contributed by atoms with Gasteiger partial charge >= 0.3 is 0 Å². The monoisotopic (exact) mass is 269 g/mol. The third kappa shape index (κ3) is 4.28. The van der Waals surface area contributed by atoms with Crippen LogP contribution in [0.5, 0.6) is 0 Å². The van der Waals surface area contributed by atoms with Gasteiger partial charge in [0.05, 0.1) is 5.25 Å². The van der Waals surface area contributed by atoms with E-state index in [1.807, 2.05) is 11.8 Å². The average Bonchev–Trinajstić information content (AvgIpc) is 2.88. The Balaban J connectivity index is 1.72. The van der Waals surface area contributed by atoms with Gasteiger partial charge in [0.1, 0.15) is 0 Å². The Labute approximate surface area is 113 Å². The van der Waals surface area contributed by atoms with E-state index in [0.717, 1.165) is 37.7 Å². The van der Waals surface area contributed by atoms with E-state index in [1.165, 1.54) is 31.4 Å². The Hall–Kier alpha value is -0.550. The summed E-state index contributed by atoms with van der Waals surface area (Å²) in [6, 6.07) is 0. The number of aryl methyl sites for hydroxylation is 1. The van der Waals surface area contributed by atoms with Gasteiger partial charge in [-0.05, 0) is 44.5 Å². The Morgan fingerprint density at radius 3 is 3.06 bits per heavy atom. The molecule has 2 heterocycles. The maximum atomic E-state index is 5.76. The van der Waals surface area contributed by atoms with Crippen LogP contribution >= 0.6 is 11.8 Å². The van der Waals surface area contributed by atoms with Crippen LogP contribution in [0.2, 0.25) is 0 Å². The maximum Gasteiger partial charge on any atom is 0.229 e. The summed E-state index contributed by atoms with van der Waals surface area (Å²) in [6.07, 6.45) is 6.94. The molecule has 1 aliphatic rings. The minimum absolute atomic E-state index is 0.443. The molecule has 0 amide bonds. The quantitative estimate of drug-likeness (QED) is 0.771. The number of hydrogen-bond donors (Lipinski definition) is 1. The first kappa shape index (κ1) is 13.9. The zero-order valence-corrected chi connectivity index (χ0v) is 12.0. The van der Waals surface area contributed by atoms with Crippen molar-refractivity contribution < 1.29 is 4.42 Å². The molecule has 0 radical (unpaired) electrons. The molecular weight excluding hydrogens is 246 g/mol. The first-order chi connectivity index (χ1) is 8.90. The summed E-state index contributed by atoms with van der Waals surface area (Å²) < 4.78 is 5.76. The Kier molecular flexibility index (Phi) is 6.00. The van der Waals surface area contributed by atoms with Gasteiger partial charge in [0.2, 0.25) is 11.8 Å². The minimum atomic E-state index is 0.443. The van der Waals surface area contributed by atoms with Crippen molar-refractivity contribution in [2.45, 2.75) is 50.7 Å². The topological polar surface area (TPSA) is 51.0 Å². The van der Waals surface area contributed by atoms with Gasteiger partial charge in [-0.3, -0.25) is 0 Å². The fourth-order valence-electron chi connectivity index (χ4n) is 2.10. The standard InChI is InChI=1S/C13H23N3OS/c1-2-8-14-9-5-7-12-15-16-13(17-12)11-6-3-4-10-18-11/h11,14H,2-10H2,1H3. The van der Waals surface area contributed by atoms with Crippen LogP contribution < -0.4 is 5.32 Å². The van der Waals surface area contributed by atoms with E-state index in [0.29, 0.717) is 5.25 Å². The number of rotatable bonds is 7. The molecule has 0 aliphatic carbocycles. The van der Waals surface area contributed by atoms with Crippen molar-refractivity contribution in [3.05, 3.63) is 11.8 Å². The van der Waals surface area contributed by atoms with Gasteiger partial charge in [0.25, 0.3) is 0 Å². The SMILES string of the molecule is CCCNCCCc1nnc(C2CCCCS2)o1. The van der Waals surface area contributed by atoms with E-state index in [9.17, 15) is 0 Å². The van der Waals surface area contributed by atoms with Crippen molar-refractivity contribution in [1.29, 1.82) is 0 Å². The molecule has 1 aromatic heterocycles. The zero-order chi connectivity index (χ0) is 12.6. The third-order valence-electron chi connectivity index (χ3n) is 3.11. The molecule has 4 nitrogen and oxygen atoms in total. The number of aromatic nitrogens is 2. The summed E-state index contributed by atoms with van der Waals surface area (Å²) in [4.78, 5) is 0. The van der Waals surface area contributed by atoms with Crippen molar-refractivity contribution in [2.24, 2.45) is 0 Å². The van der Waals surface area contributed by atoms with Gasteiger partial charge in [-0.2, -0.15) is 0 Å². The lowest BCUT2D eigenvalue weighted by molar-refractivity contribution is 0.429. The van der Waals surface area contributed by atoms with E-state index < -0.39 is 0 Å². The van der Waals surface area contributed by atoms with Gasteiger partial charge in [-0.15, -0.1) is 22.0 Å². The first-order valence-electron chi connectivity index (χ1n) is 7.04. The predicted molar refractivity (Wildman–Crippen MR) is 74.8 cm³/mol. The van der Waals surface area contributed by atoms with Crippen LogP contribution in [0.3, 0.4) is 0 Å². The molecule has 102 valence electrons. The molecule has 1 atom stereocenters. The van der Waals surface area contributed by atoms with Gasteiger partial charge < -0.3 is 9.73 Å². The van der Waals surface area contributed by atoms with E-state index in [1.54, 1.807) is 0 Å². The summed E-state index contributed by atoms with van der Waals surface area (Å²) in [5.41, 5.74) is 0. The highest BCUT2D eigenvalue weighted by atomic mass is 32.2. The summed E-state index contributed by atoms with van der Waals surface area (Å²) in [6.45, 7) is 4.30. The minimum Gasteiger partial charge on any atom is -0.424 e. The molecular formula is C13H23N3OS. The maximum absolute atomic E-state index is 5.76. The molecule has 0 saturated carbocycles. The number of thioether (sulfide) groups is 1. The summed E-state index contributed by atoms with van der Waals surface area (Å²) in [5.74, 6) is 2.87. The van der Waals surface area contributed by atoms with Crippen LogP contribution in [0.25, 0.3) is 0 Å². The predicted octanol–water partition coefficient (Wildman–Crippen LogP) is 2.96. The van der Waals surface area contributed by atoms with Crippen molar-refractivity contribution in [2.75, 3.05) is 18.8 Å². The molecule has 0 bridgehead atoms. The second kappa shape index (κ2) is 7.79. The molecule has 18 heavy (non-hydrogen) atoms. The van der Waals surface area contributed by atoms with E-state index in [2.05, 4.69) is 22.4 Å². The van der Waals surface area contributed by atoms with Gasteiger partial charge in [0.15, 0.2) is 0 Å².